The SMILES string of the molecule is O=C([O-])CN(CC(=O)[O-])CC(=O)[O-].[La+3]. The third-order valence-electron chi connectivity index (χ3n) is 1.06. The summed E-state index contributed by atoms with van der Waals surface area (Å²) < 4.78 is 0. The Morgan fingerprint density at radius 2 is 1.00 bits per heavy atom. The van der Waals surface area contributed by atoms with Gasteiger partial charge in [-0.2, -0.15) is 0 Å². The van der Waals surface area contributed by atoms with E-state index in [0.29, 0.717) is 4.90 Å². The molecule has 0 bridgehead atoms. The van der Waals surface area contributed by atoms with Gasteiger partial charge >= 0.3 is 35.6 Å². The van der Waals surface area contributed by atoms with Gasteiger partial charge in [-0.1, -0.05) is 0 Å². The van der Waals surface area contributed by atoms with Crippen molar-refractivity contribution < 1.29 is 65.3 Å². The van der Waals surface area contributed by atoms with E-state index in [0.717, 1.165) is 0 Å². The normalized spacial score (nSPS) is 9.21. The molecule has 0 aromatic heterocycles. The second-order valence-corrected chi connectivity index (χ2v) is 2.26. The molecule has 0 heterocycles. The Hall–Kier alpha value is -0.435. The summed E-state index contributed by atoms with van der Waals surface area (Å²) >= 11 is 0. The average Bonchev–Trinajstić information content (AvgIpc) is 1.80. The van der Waals surface area contributed by atoms with Gasteiger partial charge in [0.1, 0.15) is 0 Å². The minimum absolute atomic E-state index is 0. The van der Waals surface area contributed by atoms with Crippen molar-refractivity contribution in [2.45, 2.75) is 0 Å². The Labute approximate surface area is 107 Å². The van der Waals surface area contributed by atoms with Gasteiger partial charge in [-0.3, -0.25) is 4.90 Å². The Balaban J connectivity index is 0. The molecule has 0 spiro atoms. The van der Waals surface area contributed by atoms with Crippen LogP contribution in [-0.4, -0.2) is 42.4 Å². The van der Waals surface area contributed by atoms with Crippen molar-refractivity contribution in [3.8, 4) is 0 Å². The van der Waals surface area contributed by atoms with Crippen molar-refractivity contribution >= 4 is 17.9 Å². The van der Waals surface area contributed by atoms with Crippen molar-refractivity contribution in [3.63, 3.8) is 0 Å². The molecule has 14 heavy (non-hydrogen) atoms. The van der Waals surface area contributed by atoms with Gasteiger partial charge in [0.15, 0.2) is 0 Å². The first-order valence-corrected chi connectivity index (χ1v) is 3.23. The zero-order chi connectivity index (χ0) is 10.4. The fourth-order valence-corrected chi connectivity index (χ4v) is 0.715. The molecule has 0 radical (unpaired) electrons. The van der Waals surface area contributed by atoms with Crippen LogP contribution in [0.2, 0.25) is 0 Å². The van der Waals surface area contributed by atoms with E-state index in [9.17, 15) is 29.7 Å². The van der Waals surface area contributed by atoms with Gasteiger partial charge in [-0.05, 0) is 0 Å². The third-order valence-corrected chi connectivity index (χ3v) is 1.06. The van der Waals surface area contributed by atoms with Crippen LogP contribution in [0.15, 0.2) is 0 Å². The first kappa shape index (κ1) is 16.0. The minimum atomic E-state index is -1.57. The molecule has 8 heteroatoms. The molecule has 0 N–H and O–H groups in total. The maximum Gasteiger partial charge on any atom is 3.00 e. The molecule has 0 rings (SSSR count). The molecule has 0 atom stereocenters. The van der Waals surface area contributed by atoms with Gasteiger partial charge < -0.3 is 29.7 Å². The largest absolute Gasteiger partial charge is 3.00 e. The molecule has 0 aromatic carbocycles. The van der Waals surface area contributed by atoms with E-state index < -0.39 is 37.5 Å². The Bertz CT molecular complexity index is 192. The van der Waals surface area contributed by atoms with Gasteiger partial charge in [-0.15, -0.1) is 0 Å². The molecule has 0 aromatic rings. The molecule has 0 unspecified atom stereocenters. The molecule has 0 saturated heterocycles. The van der Waals surface area contributed by atoms with Crippen LogP contribution in [0.4, 0.5) is 0 Å². The van der Waals surface area contributed by atoms with Crippen LogP contribution in [-0.2, 0) is 14.4 Å². The molecule has 0 saturated carbocycles. The van der Waals surface area contributed by atoms with Gasteiger partial charge in [-0.25, -0.2) is 0 Å². The van der Waals surface area contributed by atoms with E-state index in [-0.39, 0.29) is 35.6 Å². The van der Waals surface area contributed by atoms with E-state index >= 15 is 0 Å². The first-order valence-electron chi connectivity index (χ1n) is 3.23. The average molecular weight is 327 g/mol. The summed E-state index contributed by atoms with van der Waals surface area (Å²) in [5.41, 5.74) is 0. The number of carboxylic acid groups (broad SMARTS) is 3. The number of carbonyl (C=O) groups excluding carboxylic acids is 3. The molecule has 0 aliphatic carbocycles. The summed E-state index contributed by atoms with van der Waals surface area (Å²) in [7, 11) is 0. The molecule has 0 amide bonds. The van der Waals surface area contributed by atoms with E-state index in [1.165, 1.54) is 0 Å². The zero-order valence-electron chi connectivity index (χ0n) is 7.10. The number of hydrogen-bond acceptors (Lipinski definition) is 7. The molecule has 0 fully saturated rings. The fourth-order valence-electron chi connectivity index (χ4n) is 0.715. The van der Waals surface area contributed by atoms with Crippen LogP contribution < -0.4 is 15.3 Å². The summed E-state index contributed by atoms with van der Waals surface area (Å²) in [6.07, 6.45) is 0. The van der Waals surface area contributed by atoms with Gasteiger partial charge in [0.25, 0.3) is 0 Å². The summed E-state index contributed by atoms with van der Waals surface area (Å²) in [6.45, 7) is -2.37. The molecule has 0 aliphatic heterocycles. The number of carboxylic acids is 3. The van der Waals surface area contributed by atoms with Crippen LogP contribution in [0, 0.1) is 35.6 Å². The Morgan fingerprint density at radius 3 is 1.14 bits per heavy atom. The van der Waals surface area contributed by atoms with Crippen LogP contribution in [0.5, 0.6) is 0 Å². The smallest absolute Gasteiger partial charge is 0.549 e. The number of hydrogen-bond donors (Lipinski definition) is 0. The predicted octanol–water partition coefficient (Wildman–Crippen LogP) is -5.46. The van der Waals surface area contributed by atoms with Crippen LogP contribution >= 0.6 is 0 Å². The van der Waals surface area contributed by atoms with E-state index in [4.69, 9.17) is 0 Å². The van der Waals surface area contributed by atoms with Gasteiger partial charge in [0, 0.05) is 19.6 Å². The topological polar surface area (TPSA) is 124 Å². The molecule has 0 aliphatic rings. The summed E-state index contributed by atoms with van der Waals surface area (Å²) in [6, 6.07) is 0. The monoisotopic (exact) mass is 327 g/mol. The first-order chi connectivity index (χ1) is 5.91. The zero-order valence-corrected chi connectivity index (χ0v) is 10.7. The van der Waals surface area contributed by atoms with Crippen molar-refractivity contribution in [2.24, 2.45) is 0 Å². The quantitative estimate of drug-likeness (QED) is 0.477. The second-order valence-electron chi connectivity index (χ2n) is 2.26. The fraction of sp³-hybridized carbons (Fsp3) is 0.500. The van der Waals surface area contributed by atoms with Crippen molar-refractivity contribution in [1.29, 1.82) is 0 Å². The molecular formula is C6H6LaNO6. The standard InChI is InChI=1S/C6H9NO6.La/c8-4(9)1-7(2-5(10)11)3-6(12)13;/h1-3H2,(H,8,9)(H,10,11)(H,12,13);/q;+3/p-3. The van der Waals surface area contributed by atoms with E-state index in [2.05, 4.69) is 0 Å². The summed E-state index contributed by atoms with van der Waals surface area (Å²) in [4.78, 5) is 30.6. The third kappa shape index (κ3) is 9.65. The number of carbonyl (C=O) groups is 3. The van der Waals surface area contributed by atoms with Crippen LogP contribution in [0.3, 0.4) is 0 Å². The Morgan fingerprint density at radius 1 is 0.786 bits per heavy atom. The van der Waals surface area contributed by atoms with E-state index in [1.807, 2.05) is 0 Å². The van der Waals surface area contributed by atoms with E-state index in [1.54, 1.807) is 0 Å². The van der Waals surface area contributed by atoms with Gasteiger partial charge in [0.2, 0.25) is 0 Å². The predicted molar refractivity (Wildman–Crippen MR) is 31.5 cm³/mol. The second kappa shape index (κ2) is 7.92. The molecule has 7 nitrogen and oxygen atoms in total. The summed E-state index contributed by atoms with van der Waals surface area (Å²) in [5.74, 6) is -4.70. The number of aliphatic carboxylic acids is 3. The van der Waals surface area contributed by atoms with Crippen molar-refractivity contribution in [2.75, 3.05) is 19.6 Å². The molecular weight excluding hydrogens is 321 g/mol. The van der Waals surface area contributed by atoms with Crippen LogP contribution in [0.1, 0.15) is 0 Å². The maximum absolute atomic E-state index is 9.99. The number of nitrogens with zero attached hydrogens (tertiary/aromatic N) is 1. The Kier molecular flexibility index (Phi) is 9.06. The minimum Gasteiger partial charge on any atom is -0.549 e. The van der Waals surface area contributed by atoms with Crippen LogP contribution in [0.25, 0.3) is 0 Å². The summed E-state index contributed by atoms with van der Waals surface area (Å²) in [5, 5.41) is 30.0. The maximum atomic E-state index is 9.99. The van der Waals surface area contributed by atoms with Crippen molar-refractivity contribution in [1.82, 2.24) is 4.90 Å². The van der Waals surface area contributed by atoms with Crippen molar-refractivity contribution in [3.05, 3.63) is 0 Å². The number of rotatable bonds is 6. The molecule has 74 valence electrons. The van der Waals surface area contributed by atoms with Gasteiger partial charge in [0.05, 0.1) is 17.9 Å².